The molecule has 2 aromatic rings. The highest BCUT2D eigenvalue weighted by atomic mass is 16.5. The fourth-order valence-corrected chi connectivity index (χ4v) is 1.74. The van der Waals surface area contributed by atoms with Crippen molar-refractivity contribution in [3.63, 3.8) is 0 Å². The Morgan fingerprint density at radius 3 is 2.89 bits per heavy atom. The quantitative estimate of drug-likeness (QED) is 0.740. The monoisotopic (exact) mass is 262 g/mol. The Kier molecular flexibility index (Phi) is 4.94. The molecule has 0 atom stereocenters. The standard InChI is InChI=1S/C14H18N2O3/c1-18-9-8-15-6-7-16-14(17)13-10-11-4-2-3-5-12(11)19-13/h2-5,10,15H,6-9H2,1H3,(H,16,17). The summed E-state index contributed by atoms with van der Waals surface area (Å²) in [6, 6.07) is 9.32. The number of furan rings is 1. The van der Waals surface area contributed by atoms with Crippen molar-refractivity contribution in [2.45, 2.75) is 0 Å². The first-order chi connectivity index (χ1) is 9.31. The number of ether oxygens (including phenoxy) is 1. The molecule has 0 bridgehead atoms. The number of carbonyl (C=O) groups is 1. The number of fused-ring (bicyclic) bond motifs is 1. The minimum absolute atomic E-state index is 0.190. The molecule has 0 saturated carbocycles. The minimum atomic E-state index is -0.190. The number of hydrogen-bond acceptors (Lipinski definition) is 4. The van der Waals surface area contributed by atoms with Crippen molar-refractivity contribution in [2.75, 3.05) is 33.4 Å². The summed E-state index contributed by atoms with van der Waals surface area (Å²) in [5.41, 5.74) is 0.728. The van der Waals surface area contributed by atoms with Gasteiger partial charge in [0.25, 0.3) is 5.91 Å². The molecule has 5 nitrogen and oxygen atoms in total. The predicted octanol–water partition coefficient (Wildman–Crippen LogP) is 1.40. The zero-order valence-corrected chi connectivity index (χ0v) is 10.9. The summed E-state index contributed by atoms with van der Waals surface area (Å²) in [5.74, 6) is 0.155. The van der Waals surface area contributed by atoms with E-state index in [-0.39, 0.29) is 5.91 Å². The molecule has 0 saturated heterocycles. The first-order valence-electron chi connectivity index (χ1n) is 6.27. The van der Waals surface area contributed by atoms with Crippen LogP contribution in [0.5, 0.6) is 0 Å². The highest BCUT2D eigenvalue weighted by Gasteiger charge is 2.10. The number of carbonyl (C=O) groups excluding carboxylic acids is 1. The van der Waals surface area contributed by atoms with E-state index < -0.39 is 0 Å². The van der Waals surface area contributed by atoms with Crippen LogP contribution >= 0.6 is 0 Å². The van der Waals surface area contributed by atoms with Crippen LogP contribution in [0.1, 0.15) is 10.6 Å². The molecule has 0 aliphatic rings. The van der Waals surface area contributed by atoms with Gasteiger partial charge in [-0.3, -0.25) is 4.79 Å². The van der Waals surface area contributed by atoms with Gasteiger partial charge in [-0.1, -0.05) is 18.2 Å². The van der Waals surface area contributed by atoms with Gasteiger partial charge in [-0.15, -0.1) is 0 Å². The molecule has 1 aromatic heterocycles. The van der Waals surface area contributed by atoms with Crippen LogP contribution in [0.3, 0.4) is 0 Å². The van der Waals surface area contributed by atoms with Crippen molar-refractivity contribution in [3.8, 4) is 0 Å². The summed E-state index contributed by atoms with van der Waals surface area (Å²) in [4.78, 5) is 11.8. The molecular formula is C14H18N2O3. The summed E-state index contributed by atoms with van der Waals surface area (Å²) in [6.45, 7) is 2.70. The molecule has 2 N–H and O–H groups in total. The van der Waals surface area contributed by atoms with E-state index in [2.05, 4.69) is 10.6 Å². The van der Waals surface area contributed by atoms with Crippen LogP contribution in [-0.2, 0) is 4.74 Å². The highest BCUT2D eigenvalue weighted by molar-refractivity contribution is 5.96. The number of amides is 1. The van der Waals surface area contributed by atoms with Crippen molar-refractivity contribution >= 4 is 16.9 Å². The number of para-hydroxylation sites is 1. The van der Waals surface area contributed by atoms with Crippen LogP contribution in [0, 0.1) is 0 Å². The fraction of sp³-hybridized carbons (Fsp3) is 0.357. The van der Waals surface area contributed by atoms with Crippen molar-refractivity contribution in [1.29, 1.82) is 0 Å². The normalized spacial score (nSPS) is 10.8. The lowest BCUT2D eigenvalue weighted by atomic mass is 10.2. The molecule has 1 heterocycles. The zero-order valence-electron chi connectivity index (χ0n) is 10.9. The predicted molar refractivity (Wildman–Crippen MR) is 73.3 cm³/mol. The topological polar surface area (TPSA) is 63.5 Å². The van der Waals surface area contributed by atoms with Crippen molar-refractivity contribution in [2.24, 2.45) is 0 Å². The average Bonchev–Trinajstić information content (AvgIpc) is 2.86. The largest absolute Gasteiger partial charge is 0.451 e. The highest BCUT2D eigenvalue weighted by Crippen LogP contribution is 2.18. The molecule has 0 fully saturated rings. The van der Waals surface area contributed by atoms with Crippen LogP contribution < -0.4 is 10.6 Å². The summed E-state index contributed by atoms with van der Waals surface area (Å²) >= 11 is 0. The third-order valence-corrected chi connectivity index (χ3v) is 2.72. The summed E-state index contributed by atoms with van der Waals surface area (Å²) in [6.07, 6.45) is 0. The van der Waals surface area contributed by atoms with E-state index in [9.17, 15) is 4.79 Å². The molecule has 1 amide bonds. The van der Waals surface area contributed by atoms with E-state index in [4.69, 9.17) is 9.15 Å². The number of rotatable bonds is 7. The lowest BCUT2D eigenvalue weighted by Crippen LogP contribution is -2.32. The second-order valence-electron chi connectivity index (χ2n) is 4.15. The maximum Gasteiger partial charge on any atom is 0.287 e. The van der Waals surface area contributed by atoms with Crippen LogP contribution in [0.4, 0.5) is 0 Å². The SMILES string of the molecule is COCCNCCNC(=O)c1cc2ccccc2o1. The molecular weight excluding hydrogens is 244 g/mol. The van der Waals surface area contributed by atoms with Gasteiger partial charge in [0.05, 0.1) is 6.61 Å². The molecule has 19 heavy (non-hydrogen) atoms. The Morgan fingerprint density at radius 2 is 2.11 bits per heavy atom. The van der Waals surface area contributed by atoms with Gasteiger partial charge in [0.2, 0.25) is 0 Å². The number of benzene rings is 1. The molecule has 0 aliphatic heterocycles. The second kappa shape index (κ2) is 6.92. The Hall–Kier alpha value is -1.85. The fourth-order valence-electron chi connectivity index (χ4n) is 1.74. The Balaban J connectivity index is 1.79. The molecule has 1 aromatic carbocycles. The van der Waals surface area contributed by atoms with Gasteiger partial charge in [-0.25, -0.2) is 0 Å². The third-order valence-electron chi connectivity index (χ3n) is 2.72. The van der Waals surface area contributed by atoms with Crippen LogP contribution in [-0.4, -0.2) is 39.3 Å². The summed E-state index contributed by atoms with van der Waals surface area (Å²) < 4.78 is 10.4. The van der Waals surface area contributed by atoms with E-state index in [1.807, 2.05) is 24.3 Å². The molecule has 5 heteroatoms. The Labute approximate surface area is 111 Å². The van der Waals surface area contributed by atoms with E-state index >= 15 is 0 Å². The maximum absolute atomic E-state index is 11.8. The van der Waals surface area contributed by atoms with Gasteiger partial charge in [0.1, 0.15) is 5.58 Å². The first-order valence-corrected chi connectivity index (χ1v) is 6.27. The van der Waals surface area contributed by atoms with E-state index in [1.54, 1.807) is 13.2 Å². The molecule has 0 radical (unpaired) electrons. The molecule has 102 valence electrons. The molecule has 0 unspecified atom stereocenters. The van der Waals surface area contributed by atoms with Gasteiger partial charge >= 0.3 is 0 Å². The Morgan fingerprint density at radius 1 is 1.26 bits per heavy atom. The van der Waals surface area contributed by atoms with E-state index in [0.717, 1.165) is 17.5 Å². The maximum atomic E-state index is 11.8. The number of nitrogens with one attached hydrogen (secondary N) is 2. The van der Waals surface area contributed by atoms with E-state index in [0.29, 0.717) is 25.5 Å². The Bertz CT molecular complexity index is 503. The van der Waals surface area contributed by atoms with Crippen molar-refractivity contribution in [3.05, 3.63) is 36.1 Å². The summed E-state index contributed by atoms with van der Waals surface area (Å²) in [5, 5.41) is 6.89. The van der Waals surface area contributed by atoms with E-state index in [1.165, 1.54) is 0 Å². The van der Waals surface area contributed by atoms with Crippen LogP contribution in [0.15, 0.2) is 34.7 Å². The number of methoxy groups -OCH3 is 1. The molecule has 0 spiro atoms. The average molecular weight is 262 g/mol. The van der Waals surface area contributed by atoms with Crippen LogP contribution in [0.25, 0.3) is 11.0 Å². The lowest BCUT2D eigenvalue weighted by molar-refractivity contribution is 0.0928. The third kappa shape index (κ3) is 3.81. The first kappa shape index (κ1) is 13.6. The van der Waals surface area contributed by atoms with Gasteiger partial charge < -0.3 is 19.8 Å². The van der Waals surface area contributed by atoms with Gasteiger partial charge in [0, 0.05) is 32.1 Å². The van der Waals surface area contributed by atoms with Gasteiger partial charge in [0.15, 0.2) is 5.76 Å². The van der Waals surface area contributed by atoms with Crippen molar-refractivity contribution in [1.82, 2.24) is 10.6 Å². The smallest absolute Gasteiger partial charge is 0.287 e. The van der Waals surface area contributed by atoms with Gasteiger partial charge in [-0.2, -0.15) is 0 Å². The molecule has 2 rings (SSSR count). The van der Waals surface area contributed by atoms with Gasteiger partial charge in [-0.05, 0) is 12.1 Å². The lowest BCUT2D eigenvalue weighted by Gasteiger charge is -2.04. The van der Waals surface area contributed by atoms with Crippen LogP contribution in [0.2, 0.25) is 0 Å². The van der Waals surface area contributed by atoms with Crippen molar-refractivity contribution < 1.29 is 13.9 Å². The molecule has 0 aliphatic carbocycles. The minimum Gasteiger partial charge on any atom is -0.451 e. The summed E-state index contributed by atoms with van der Waals surface area (Å²) in [7, 11) is 1.66. The number of hydrogen-bond donors (Lipinski definition) is 2. The zero-order chi connectivity index (χ0) is 13.5. The second-order valence-corrected chi connectivity index (χ2v) is 4.15.